The van der Waals surface area contributed by atoms with Crippen molar-refractivity contribution in [2.75, 3.05) is 26.7 Å². The number of carbonyl (C=O) groups is 1. The highest BCUT2D eigenvalue weighted by atomic mass is 16.5. The third-order valence-corrected chi connectivity index (χ3v) is 5.43. The number of likely N-dealkylation sites (N-methyl/N-ethyl adjacent to an activating group) is 2. The number of hydrogen-bond donors (Lipinski definition) is 2. The average molecular weight is 298 g/mol. The molecule has 122 valence electrons. The zero-order chi connectivity index (χ0) is 15.5. The summed E-state index contributed by atoms with van der Waals surface area (Å²) in [4.78, 5) is 14.1. The van der Waals surface area contributed by atoms with Crippen LogP contribution in [-0.4, -0.2) is 60.4 Å². The Bertz CT molecular complexity index is 363. The van der Waals surface area contributed by atoms with Crippen LogP contribution >= 0.6 is 0 Å². The minimum atomic E-state index is -0.701. The molecule has 2 aliphatic rings. The standard InChI is InChI=1S/C16H30N2O3/c1-4-17-16(15(19)20)9-5-6-13(16)7-10-18(3)14-8-11-21-12(14)2/h12-14,17H,4-11H2,1-3H3,(H,19,20). The van der Waals surface area contributed by atoms with Crippen molar-refractivity contribution in [2.45, 2.75) is 63.6 Å². The summed E-state index contributed by atoms with van der Waals surface area (Å²) in [5.74, 6) is -0.443. The van der Waals surface area contributed by atoms with Crippen molar-refractivity contribution in [3.63, 3.8) is 0 Å². The number of ether oxygens (including phenoxy) is 1. The SMILES string of the molecule is CCNC1(C(=O)O)CCCC1CCN(C)C1CCOC1C. The molecule has 4 unspecified atom stereocenters. The summed E-state index contributed by atoms with van der Waals surface area (Å²) in [5, 5.41) is 13.0. The third kappa shape index (κ3) is 3.41. The van der Waals surface area contributed by atoms with Crippen LogP contribution < -0.4 is 5.32 Å². The molecule has 2 fully saturated rings. The number of hydrogen-bond acceptors (Lipinski definition) is 4. The Balaban J connectivity index is 1.93. The van der Waals surface area contributed by atoms with Crippen LogP contribution in [0.25, 0.3) is 0 Å². The molecule has 4 atom stereocenters. The Hall–Kier alpha value is -0.650. The minimum Gasteiger partial charge on any atom is -0.480 e. The second-order valence-corrected chi connectivity index (χ2v) is 6.60. The zero-order valence-electron chi connectivity index (χ0n) is 13.6. The molecule has 5 nitrogen and oxygen atoms in total. The lowest BCUT2D eigenvalue weighted by Gasteiger charge is -2.34. The van der Waals surface area contributed by atoms with Gasteiger partial charge in [0, 0.05) is 12.6 Å². The van der Waals surface area contributed by atoms with Crippen molar-refractivity contribution >= 4 is 5.97 Å². The lowest BCUT2D eigenvalue weighted by Crippen LogP contribution is -2.55. The lowest BCUT2D eigenvalue weighted by atomic mass is 9.84. The summed E-state index contributed by atoms with van der Waals surface area (Å²) in [6.07, 6.45) is 5.10. The molecule has 5 heteroatoms. The first kappa shape index (κ1) is 16.7. The first-order valence-corrected chi connectivity index (χ1v) is 8.31. The van der Waals surface area contributed by atoms with Gasteiger partial charge in [-0.1, -0.05) is 13.3 Å². The second kappa shape index (κ2) is 7.07. The monoisotopic (exact) mass is 298 g/mol. The van der Waals surface area contributed by atoms with Crippen molar-refractivity contribution in [3.05, 3.63) is 0 Å². The van der Waals surface area contributed by atoms with Crippen molar-refractivity contribution in [2.24, 2.45) is 5.92 Å². The van der Waals surface area contributed by atoms with Crippen LogP contribution in [0.3, 0.4) is 0 Å². The van der Waals surface area contributed by atoms with Gasteiger partial charge in [-0.3, -0.25) is 4.79 Å². The van der Waals surface area contributed by atoms with Gasteiger partial charge in [0.1, 0.15) is 5.54 Å². The number of nitrogens with one attached hydrogen (secondary N) is 1. The van der Waals surface area contributed by atoms with E-state index in [0.717, 1.165) is 45.3 Å². The Morgan fingerprint density at radius 2 is 2.24 bits per heavy atom. The smallest absolute Gasteiger partial charge is 0.324 e. The van der Waals surface area contributed by atoms with Crippen LogP contribution in [0.15, 0.2) is 0 Å². The topological polar surface area (TPSA) is 61.8 Å². The lowest BCUT2D eigenvalue weighted by molar-refractivity contribution is -0.146. The van der Waals surface area contributed by atoms with Crippen LogP contribution in [0.2, 0.25) is 0 Å². The minimum absolute atomic E-state index is 0.232. The van der Waals surface area contributed by atoms with E-state index in [1.165, 1.54) is 0 Å². The van der Waals surface area contributed by atoms with Gasteiger partial charge in [0.25, 0.3) is 0 Å². The van der Waals surface area contributed by atoms with E-state index >= 15 is 0 Å². The molecule has 0 aromatic carbocycles. The largest absolute Gasteiger partial charge is 0.480 e. The second-order valence-electron chi connectivity index (χ2n) is 6.60. The maximum absolute atomic E-state index is 11.8. The van der Waals surface area contributed by atoms with Crippen molar-refractivity contribution in [3.8, 4) is 0 Å². The molecule has 0 bridgehead atoms. The van der Waals surface area contributed by atoms with Crippen molar-refractivity contribution in [1.82, 2.24) is 10.2 Å². The van der Waals surface area contributed by atoms with Gasteiger partial charge in [-0.15, -0.1) is 0 Å². The highest BCUT2D eigenvalue weighted by Gasteiger charge is 2.48. The van der Waals surface area contributed by atoms with E-state index in [-0.39, 0.29) is 12.0 Å². The summed E-state index contributed by atoms with van der Waals surface area (Å²) in [6.45, 7) is 6.62. The van der Waals surface area contributed by atoms with Crippen molar-refractivity contribution in [1.29, 1.82) is 0 Å². The Morgan fingerprint density at radius 1 is 1.48 bits per heavy atom. The van der Waals surface area contributed by atoms with Gasteiger partial charge >= 0.3 is 5.97 Å². The summed E-state index contributed by atoms with van der Waals surface area (Å²) in [5.41, 5.74) is -0.701. The molecule has 1 saturated carbocycles. The predicted molar refractivity (Wildman–Crippen MR) is 82.5 cm³/mol. The molecule has 21 heavy (non-hydrogen) atoms. The molecule has 2 N–H and O–H groups in total. The van der Waals surface area contributed by atoms with Gasteiger partial charge < -0.3 is 20.1 Å². The van der Waals surface area contributed by atoms with Gasteiger partial charge in [0.2, 0.25) is 0 Å². The quantitative estimate of drug-likeness (QED) is 0.749. The molecule has 1 aliphatic heterocycles. The molecule has 1 saturated heterocycles. The highest BCUT2D eigenvalue weighted by Crippen LogP contribution is 2.38. The zero-order valence-corrected chi connectivity index (χ0v) is 13.6. The van der Waals surface area contributed by atoms with Crippen LogP contribution in [0.1, 0.15) is 46.0 Å². The van der Waals surface area contributed by atoms with Crippen LogP contribution in [0.5, 0.6) is 0 Å². The fourth-order valence-electron chi connectivity index (χ4n) is 4.20. The van der Waals surface area contributed by atoms with Gasteiger partial charge in [-0.2, -0.15) is 0 Å². The van der Waals surface area contributed by atoms with Gasteiger partial charge in [-0.05, 0) is 58.7 Å². The van der Waals surface area contributed by atoms with E-state index in [1.54, 1.807) is 0 Å². The van der Waals surface area contributed by atoms with Crippen LogP contribution in [-0.2, 0) is 9.53 Å². The Labute approximate surface area is 128 Å². The van der Waals surface area contributed by atoms with Gasteiger partial charge in [0.05, 0.1) is 6.10 Å². The highest BCUT2D eigenvalue weighted by molar-refractivity contribution is 5.79. The van der Waals surface area contributed by atoms with E-state index in [1.807, 2.05) is 6.92 Å². The maximum Gasteiger partial charge on any atom is 0.324 e. The van der Waals surface area contributed by atoms with Gasteiger partial charge in [0.15, 0.2) is 0 Å². The van der Waals surface area contributed by atoms with Crippen molar-refractivity contribution < 1.29 is 14.6 Å². The first-order chi connectivity index (χ1) is 10.0. The molecule has 1 heterocycles. The van der Waals surface area contributed by atoms with Crippen LogP contribution in [0.4, 0.5) is 0 Å². The number of rotatable bonds is 7. The summed E-state index contributed by atoms with van der Waals surface area (Å²) in [6, 6.07) is 0.477. The number of nitrogens with zero attached hydrogens (tertiary/aromatic N) is 1. The van der Waals surface area contributed by atoms with Gasteiger partial charge in [-0.25, -0.2) is 0 Å². The summed E-state index contributed by atoms with van der Waals surface area (Å²) in [7, 11) is 2.14. The normalized spacial score (nSPS) is 36.5. The Morgan fingerprint density at radius 3 is 2.81 bits per heavy atom. The van der Waals surface area contributed by atoms with Crippen LogP contribution in [0, 0.1) is 5.92 Å². The molecule has 2 rings (SSSR count). The Kier molecular flexibility index (Phi) is 5.63. The molecule has 0 aromatic heterocycles. The summed E-state index contributed by atoms with van der Waals surface area (Å²) >= 11 is 0. The number of aliphatic carboxylic acids is 1. The fourth-order valence-corrected chi connectivity index (χ4v) is 4.20. The molecule has 1 aliphatic carbocycles. The fraction of sp³-hybridized carbons (Fsp3) is 0.938. The predicted octanol–water partition coefficient (Wildman–Crippen LogP) is 1.72. The molecule has 0 amide bonds. The van der Waals surface area contributed by atoms with E-state index in [0.29, 0.717) is 12.6 Å². The summed E-state index contributed by atoms with van der Waals surface area (Å²) < 4.78 is 5.63. The molecule has 0 radical (unpaired) electrons. The average Bonchev–Trinajstić information content (AvgIpc) is 3.04. The molecular weight excluding hydrogens is 268 g/mol. The molecule has 0 spiro atoms. The van der Waals surface area contributed by atoms with E-state index in [4.69, 9.17) is 4.74 Å². The van der Waals surface area contributed by atoms with E-state index < -0.39 is 11.5 Å². The first-order valence-electron chi connectivity index (χ1n) is 8.31. The number of carboxylic acids is 1. The maximum atomic E-state index is 11.8. The van der Waals surface area contributed by atoms with E-state index in [9.17, 15) is 9.90 Å². The third-order valence-electron chi connectivity index (χ3n) is 5.43. The molecular formula is C16H30N2O3. The molecule has 0 aromatic rings. The van der Waals surface area contributed by atoms with E-state index in [2.05, 4.69) is 24.2 Å². The number of carboxylic acid groups (broad SMARTS) is 1.